The number of rotatable bonds is 5. The van der Waals surface area contributed by atoms with Crippen LogP contribution in [-0.2, 0) is 18.3 Å². The van der Waals surface area contributed by atoms with Crippen LogP contribution in [0.4, 0.5) is 0 Å². The van der Waals surface area contributed by atoms with Crippen molar-refractivity contribution in [1.82, 2.24) is 14.3 Å². The zero-order valence-electron chi connectivity index (χ0n) is 8.69. The molecule has 0 saturated heterocycles. The van der Waals surface area contributed by atoms with E-state index < -0.39 is 0 Å². The molecule has 0 unspecified atom stereocenters. The molecule has 0 aromatic carbocycles. The van der Waals surface area contributed by atoms with Crippen LogP contribution in [0.25, 0.3) is 0 Å². The summed E-state index contributed by atoms with van der Waals surface area (Å²) in [6, 6.07) is 0.341. The van der Waals surface area contributed by atoms with Crippen molar-refractivity contribution in [3.05, 3.63) is 10.5 Å². The minimum Gasteiger partial charge on any atom is -0.464 e. The number of ether oxygens (including phenoxy) is 2. The highest BCUT2D eigenvalue weighted by Gasteiger charge is 2.09. The van der Waals surface area contributed by atoms with Crippen LogP contribution < -0.4 is 10.4 Å². The summed E-state index contributed by atoms with van der Waals surface area (Å²) >= 11 is 0. The molecule has 0 spiro atoms. The van der Waals surface area contributed by atoms with E-state index in [-0.39, 0.29) is 5.69 Å². The molecule has 0 aliphatic carbocycles. The van der Waals surface area contributed by atoms with Crippen molar-refractivity contribution in [2.24, 2.45) is 7.05 Å². The van der Waals surface area contributed by atoms with E-state index in [0.717, 1.165) is 0 Å². The lowest BCUT2D eigenvalue weighted by molar-refractivity contribution is 0.181. The van der Waals surface area contributed by atoms with Crippen molar-refractivity contribution in [1.29, 1.82) is 0 Å². The zero-order chi connectivity index (χ0) is 10.6. The summed E-state index contributed by atoms with van der Waals surface area (Å²) in [5, 5.41) is 4.00. The summed E-state index contributed by atoms with van der Waals surface area (Å²) in [4.78, 5) is 11.5. The molecule has 14 heavy (non-hydrogen) atoms. The number of aromatic nitrogens is 3. The predicted octanol–water partition coefficient (Wildman–Crippen LogP) is -0.373. The van der Waals surface area contributed by atoms with Crippen molar-refractivity contribution in [2.75, 3.05) is 20.3 Å². The topological polar surface area (TPSA) is 58.3 Å². The smallest absolute Gasteiger partial charge is 0.348 e. The Morgan fingerprint density at radius 1 is 1.50 bits per heavy atom. The van der Waals surface area contributed by atoms with Crippen molar-refractivity contribution in [2.45, 2.75) is 13.5 Å². The van der Waals surface area contributed by atoms with E-state index >= 15 is 0 Å². The lowest BCUT2D eigenvalue weighted by atomic mass is 10.7. The lowest BCUT2D eigenvalue weighted by Crippen LogP contribution is -2.24. The molecule has 0 aliphatic heterocycles. The van der Waals surface area contributed by atoms with Crippen LogP contribution in [-0.4, -0.2) is 34.7 Å². The van der Waals surface area contributed by atoms with Crippen LogP contribution >= 0.6 is 0 Å². The summed E-state index contributed by atoms with van der Waals surface area (Å²) in [6.07, 6.45) is 0. The van der Waals surface area contributed by atoms with Crippen LogP contribution in [0.3, 0.4) is 0 Å². The average Bonchev–Trinajstić information content (AvgIpc) is 2.44. The molecule has 0 bridgehead atoms. The molecule has 0 aliphatic rings. The van der Waals surface area contributed by atoms with Crippen molar-refractivity contribution >= 4 is 0 Å². The molecule has 1 rings (SSSR count). The van der Waals surface area contributed by atoms with Gasteiger partial charge in [-0.05, 0) is 6.92 Å². The molecule has 1 aromatic heterocycles. The van der Waals surface area contributed by atoms with E-state index in [9.17, 15) is 4.79 Å². The number of hydrogen-bond donors (Lipinski definition) is 0. The van der Waals surface area contributed by atoms with E-state index in [1.54, 1.807) is 14.2 Å². The fourth-order valence-corrected chi connectivity index (χ4v) is 1.05. The van der Waals surface area contributed by atoms with Gasteiger partial charge < -0.3 is 9.47 Å². The number of nitrogens with zero attached hydrogens (tertiary/aromatic N) is 3. The van der Waals surface area contributed by atoms with Gasteiger partial charge in [0.2, 0.25) is 0 Å². The quantitative estimate of drug-likeness (QED) is 0.652. The second kappa shape index (κ2) is 4.80. The third-order valence-electron chi connectivity index (χ3n) is 1.78. The standard InChI is InChI=1S/C8H15N3O3/c1-4-14-7-9-11(5-6-13-3)8(12)10(7)2/h4-6H2,1-3H3. The first kappa shape index (κ1) is 10.8. The number of methoxy groups -OCH3 is 1. The highest BCUT2D eigenvalue weighted by molar-refractivity contribution is 4.92. The minimum absolute atomic E-state index is 0.189. The molecular formula is C8H15N3O3. The fraction of sp³-hybridized carbons (Fsp3) is 0.750. The first-order valence-corrected chi connectivity index (χ1v) is 4.46. The van der Waals surface area contributed by atoms with Gasteiger partial charge in [-0.25, -0.2) is 14.0 Å². The van der Waals surface area contributed by atoms with Gasteiger partial charge in [-0.3, -0.25) is 0 Å². The molecular weight excluding hydrogens is 186 g/mol. The van der Waals surface area contributed by atoms with Crippen LogP contribution in [0.15, 0.2) is 4.79 Å². The maximum atomic E-state index is 11.5. The number of hydrogen-bond acceptors (Lipinski definition) is 4. The molecule has 0 atom stereocenters. The predicted molar refractivity (Wildman–Crippen MR) is 50.5 cm³/mol. The monoisotopic (exact) mass is 201 g/mol. The second-order valence-electron chi connectivity index (χ2n) is 2.77. The Labute approximate surface area is 82.0 Å². The van der Waals surface area contributed by atoms with Gasteiger partial charge in [0.15, 0.2) is 0 Å². The molecule has 0 N–H and O–H groups in total. The molecule has 6 heteroatoms. The summed E-state index contributed by atoms with van der Waals surface area (Å²) in [5.41, 5.74) is -0.189. The summed E-state index contributed by atoms with van der Waals surface area (Å²) < 4.78 is 12.7. The van der Waals surface area contributed by atoms with E-state index in [4.69, 9.17) is 9.47 Å². The Kier molecular flexibility index (Phi) is 3.70. The normalized spacial score (nSPS) is 10.5. The Morgan fingerprint density at radius 2 is 2.21 bits per heavy atom. The van der Waals surface area contributed by atoms with Gasteiger partial charge in [-0.1, -0.05) is 0 Å². The van der Waals surface area contributed by atoms with Crippen molar-refractivity contribution < 1.29 is 9.47 Å². The lowest BCUT2D eigenvalue weighted by Gasteiger charge is -1.97. The molecule has 80 valence electrons. The van der Waals surface area contributed by atoms with Gasteiger partial charge >= 0.3 is 11.7 Å². The highest BCUT2D eigenvalue weighted by atomic mass is 16.5. The van der Waals surface area contributed by atoms with Crippen molar-refractivity contribution in [3.63, 3.8) is 0 Å². The molecule has 0 amide bonds. The maximum absolute atomic E-state index is 11.5. The van der Waals surface area contributed by atoms with E-state index in [0.29, 0.717) is 25.8 Å². The van der Waals surface area contributed by atoms with E-state index in [1.807, 2.05) is 6.92 Å². The van der Waals surface area contributed by atoms with Gasteiger partial charge in [-0.2, -0.15) is 0 Å². The largest absolute Gasteiger partial charge is 0.464 e. The molecule has 1 heterocycles. The van der Waals surface area contributed by atoms with Crippen LogP contribution in [0.2, 0.25) is 0 Å². The highest BCUT2D eigenvalue weighted by Crippen LogP contribution is 1.99. The molecule has 0 fully saturated rings. The van der Waals surface area contributed by atoms with Crippen LogP contribution in [0.1, 0.15) is 6.92 Å². The van der Waals surface area contributed by atoms with Gasteiger partial charge in [0, 0.05) is 14.2 Å². The minimum atomic E-state index is -0.189. The Bertz CT molecular complexity index is 342. The van der Waals surface area contributed by atoms with Gasteiger partial charge in [0.25, 0.3) is 0 Å². The van der Waals surface area contributed by atoms with Crippen molar-refractivity contribution in [3.8, 4) is 6.01 Å². The molecule has 0 saturated carbocycles. The van der Waals surface area contributed by atoms with Gasteiger partial charge in [0.1, 0.15) is 0 Å². The first-order chi connectivity index (χ1) is 6.70. The zero-order valence-corrected chi connectivity index (χ0v) is 8.69. The van der Waals surface area contributed by atoms with E-state index in [1.165, 1.54) is 9.25 Å². The van der Waals surface area contributed by atoms with Crippen LogP contribution in [0.5, 0.6) is 6.01 Å². The summed E-state index contributed by atoms with van der Waals surface area (Å²) in [5.74, 6) is 0. The fourth-order valence-electron chi connectivity index (χ4n) is 1.05. The summed E-state index contributed by atoms with van der Waals surface area (Å²) in [6.45, 7) is 3.24. The van der Waals surface area contributed by atoms with E-state index in [2.05, 4.69) is 5.10 Å². The second-order valence-corrected chi connectivity index (χ2v) is 2.77. The first-order valence-electron chi connectivity index (χ1n) is 4.46. The third-order valence-corrected chi connectivity index (χ3v) is 1.78. The average molecular weight is 201 g/mol. The Balaban J connectivity index is 2.85. The molecule has 1 aromatic rings. The third kappa shape index (κ3) is 2.14. The SMILES string of the molecule is CCOc1nn(CCOC)c(=O)n1C. The molecule has 6 nitrogen and oxygen atoms in total. The maximum Gasteiger partial charge on any atom is 0.348 e. The molecule has 0 radical (unpaired) electrons. The Hall–Kier alpha value is -1.30. The van der Waals surface area contributed by atoms with Crippen LogP contribution in [0, 0.1) is 0 Å². The van der Waals surface area contributed by atoms with Gasteiger partial charge in [-0.15, -0.1) is 5.10 Å². The van der Waals surface area contributed by atoms with Gasteiger partial charge in [0.05, 0.1) is 19.8 Å². The Morgan fingerprint density at radius 3 is 2.79 bits per heavy atom. The summed E-state index contributed by atoms with van der Waals surface area (Å²) in [7, 11) is 3.21.